The lowest BCUT2D eigenvalue weighted by molar-refractivity contribution is 0.277. The minimum atomic E-state index is 0.123. The third-order valence-electron chi connectivity index (χ3n) is 3.90. The molecular formula is C18H18N4O. The Morgan fingerprint density at radius 1 is 1.17 bits per heavy atom. The van der Waals surface area contributed by atoms with Crippen molar-refractivity contribution in [2.45, 2.75) is 12.3 Å². The fourth-order valence-corrected chi connectivity index (χ4v) is 2.71. The summed E-state index contributed by atoms with van der Waals surface area (Å²) in [6, 6.07) is 17.9. The molecule has 3 rings (SSSR count). The van der Waals surface area contributed by atoms with Gasteiger partial charge in [0.1, 0.15) is 11.7 Å². The molecule has 0 saturated heterocycles. The normalized spacial score (nSPS) is 12.0. The van der Waals surface area contributed by atoms with E-state index in [1.54, 1.807) is 4.40 Å². The maximum absolute atomic E-state index is 9.40. The number of aromatic nitrogens is 2. The Hall–Kier alpha value is -2.84. The molecule has 2 N–H and O–H groups in total. The number of imidazole rings is 1. The highest BCUT2D eigenvalue weighted by Crippen LogP contribution is 2.22. The van der Waals surface area contributed by atoms with Crippen LogP contribution in [0.4, 0.5) is 5.82 Å². The van der Waals surface area contributed by atoms with Crippen molar-refractivity contribution in [3.63, 3.8) is 0 Å². The molecule has 0 unspecified atom stereocenters. The summed E-state index contributed by atoms with van der Waals surface area (Å²) in [6.45, 7) is 0.737. The van der Waals surface area contributed by atoms with E-state index in [1.807, 2.05) is 42.6 Å². The van der Waals surface area contributed by atoms with Gasteiger partial charge in [0.2, 0.25) is 0 Å². The summed E-state index contributed by atoms with van der Waals surface area (Å²) in [5, 5.41) is 22.0. The number of nitrogens with zero attached hydrogens (tertiary/aromatic N) is 3. The summed E-state index contributed by atoms with van der Waals surface area (Å²) in [7, 11) is 0. The summed E-state index contributed by atoms with van der Waals surface area (Å²) in [4.78, 5) is 4.48. The Bertz CT molecular complexity index is 820. The van der Waals surface area contributed by atoms with Crippen LogP contribution in [0.15, 0.2) is 54.7 Å². The molecule has 0 amide bonds. The maximum atomic E-state index is 9.40. The molecule has 5 nitrogen and oxygen atoms in total. The van der Waals surface area contributed by atoms with E-state index in [-0.39, 0.29) is 12.5 Å². The van der Waals surface area contributed by atoms with E-state index in [0.717, 1.165) is 11.2 Å². The molecule has 1 atom stereocenters. The van der Waals surface area contributed by atoms with Gasteiger partial charge in [0, 0.05) is 25.3 Å². The lowest BCUT2D eigenvalue weighted by Gasteiger charge is -2.17. The average molecular weight is 306 g/mol. The first kappa shape index (κ1) is 15.1. The van der Waals surface area contributed by atoms with Crippen molar-refractivity contribution in [3.05, 3.63) is 66.0 Å². The number of aliphatic hydroxyl groups is 1. The van der Waals surface area contributed by atoms with Gasteiger partial charge >= 0.3 is 0 Å². The Labute approximate surface area is 134 Å². The molecule has 0 aliphatic rings. The van der Waals surface area contributed by atoms with Gasteiger partial charge in [-0.1, -0.05) is 36.4 Å². The van der Waals surface area contributed by atoms with E-state index >= 15 is 0 Å². The summed E-state index contributed by atoms with van der Waals surface area (Å²) < 4.78 is 1.77. The number of hydrogen-bond acceptors (Lipinski definition) is 4. The molecule has 5 heteroatoms. The topological polar surface area (TPSA) is 73.3 Å². The Morgan fingerprint density at radius 2 is 1.96 bits per heavy atom. The molecule has 2 aromatic heterocycles. The smallest absolute Gasteiger partial charge is 0.168 e. The van der Waals surface area contributed by atoms with Gasteiger partial charge in [-0.3, -0.25) is 4.40 Å². The van der Waals surface area contributed by atoms with Crippen LogP contribution in [0.25, 0.3) is 5.65 Å². The molecule has 0 fully saturated rings. The highest BCUT2D eigenvalue weighted by molar-refractivity contribution is 5.59. The number of rotatable bonds is 6. The third-order valence-corrected chi connectivity index (χ3v) is 3.90. The number of fused-ring (bicyclic) bond motifs is 1. The molecule has 0 spiro atoms. The van der Waals surface area contributed by atoms with Crippen molar-refractivity contribution < 1.29 is 5.11 Å². The van der Waals surface area contributed by atoms with Crippen LogP contribution in [-0.4, -0.2) is 27.6 Å². The van der Waals surface area contributed by atoms with Crippen molar-refractivity contribution in [3.8, 4) is 6.07 Å². The SMILES string of the molecule is N#Cc1c(NC[C@H](CCO)c2ccccc2)nc2ccccn12. The molecule has 0 bridgehead atoms. The van der Waals surface area contributed by atoms with Crippen LogP contribution in [0, 0.1) is 11.3 Å². The molecule has 116 valence electrons. The van der Waals surface area contributed by atoms with E-state index < -0.39 is 0 Å². The molecule has 0 aliphatic heterocycles. The molecule has 0 radical (unpaired) electrons. The number of nitrogens with one attached hydrogen (secondary N) is 1. The van der Waals surface area contributed by atoms with Crippen molar-refractivity contribution in [1.82, 2.24) is 9.38 Å². The highest BCUT2D eigenvalue weighted by atomic mass is 16.3. The lowest BCUT2D eigenvalue weighted by atomic mass is 9.96. The predicted octanol–water partition coefficient (Wildman–Crippen LogP) is 2.78. The first-order valence-electron chi connectivity index (χ1n) is 7.60. The number of pyridine rings is 1. The fourth-order valence-electron chi connectivity index (χ4n) is 2.71. The molecule has 0 saturated carbocycles. The van der Waals surface area contributed by atoms with Gasteiger partial charge in [-0.15, -0.1) is 0 Å². The van der Waals surface area contributed by atoms with Crippen molar-refractivity contribution in [2.24, 2.45) is 0 Å². The van der Waals surface area contributed by atoms with Gasteiger partial charge in [-0.05, 0) is 24.1 Å². The summed E-state index contributed by atoms with van der Waals surface area (Å²) in [5.41, 5.74) is 2.40. The number of nitriles is 1. The zero-order valence-corrected chi connectivity index (χ0v) is 12.7. The van der Waals surface area contributed by atoms with Gasteiger partial charge in [0.05, 0.1) is 0 Å². The number of benzene rings is 1. The van der Waals surface area contributed by atoms with Crippen LogP contribution in [0.1, 0.15) is 23.6 Å². The Kier molecular flexibility index (Phi) is 4.55. The average Bonchev–Trinajstić information content (AvgIpc) is 2.96. The van der Waals surface area contributed by atoms with Gasteiger partial charge < -0.3 is 10.4 Å². The maximum Gasteiger partial charge on any atom is 0.168 e. The van der Waals surface area contributed by atoms with Crippen molar-refractivity contribution >= 4 is 11.5 Å². The van der Waals surface area contributed by atoms with Gasteiger partial charge in [0.25, 0.3) is 0 Å². The molecule has 2 heterocycles. The molecule has 1 aromatic carbocycles. The van der Waals surface area contributed by atoms with Crippen LogP contribution in [0.3, 0.4) is 0 Å². The number of aliphatic hydroxyl groups excluding tert-OH is 1. The second kappa shape index (κ2) is 6.95. The number of hydrogen-bond donors (Lipinski definition) is 2. The fraction of sp³-hybridized carbons (Fsp3) is 0.222. The van der Waals surface area contributed by atoms with E-state index in [1.165, 1.54) is 0 Å². The largest absolute Gasteiger partial charge is 0.396 e. The zero-order valence-electron chi connectivity index (χ0n) is 12.7. The predicted molar refractivity (Wildman–Crippen MR) is 89.3 cm³/mol. The van der Waals surface area contributed by atoms with E-state index in [9.17, 15) is 10.4 Å². The van der Waals surface area contributed by atoms with E-state index in [0.29, 0.717) is 24.5 Å². The molecule has 0 aliphatic carbocycles. The van der Waals surface area contributed by atoms with Crippen LogP contribution in [0.5, 0.6) is 0 Å². The zero-order chi connectivity index (χ0) is 16.1. The molecule has 23 heavy (non-hydrogen) atoms. The summed E-state index contributed by atoms with van der Waals surface area (Å²) in [6.07, 6.45) is 2.49. The monoisotopic (exact) mass is 306 g/mol. The summed E-state index contributed by atoms with van der Waals surface area (Å²) in [5.74, 6) is 0.745. The lowest BCUT2D eigenvalue weighted by Crippen LogP contribution is -2.15. The third kappa shape index (κ3) is 3.17. The Morgan fingerprint density at radius 3 is 2.70 bits per heavy atom. The van der Waals surface area contributed by atoms with Gasteiger partial charge in [-0.25, -0.2) is 4.98 Å². The second-order valence-corrected chi connectivity index (χ2v) is 5.35. The highest BCUT2D eigenvalue weighted by Gasteiger charge is 2.15. The Balaban J connectivity index is 1.83. The first-order valence-corrected chi connectivity index (χ1v) is 7.60. The molecule has 3 aromatic rings. The van der Waals surface area contributed by atoms with Gasteiger partial charge in [-0.2, -0.15) is 5.26 Å². The van der Waals surface area contributed by atoms with Crippen LogP contribution >= 0.6 is 0 Å². The standard InChI is InChI=1S/C18H18N4O/c19-12-16-18(21-17-8-4-5-10-22(16)17)20-13-15(9-11-23)14-6-2-1-3-7-14/h1-8,10,15,20,23H,9,11,13H2/t15-/m0/s1. The van der Waals surface area contributed by atoms with Crippen LogP contribution in [0.2, 0.25) is 0 Å². The van der Waals surface area contributed by atoms with Crippen LogP contribution in [-0.2, 0) is 0 Å². The second-order valence-electron chi connectivity index (χ2n) is 5.35. The van der Waals surface area contributed by atoms with Crippen molar-refractivity contribution in [1.29, 1.82) is 5.26 Å². The molecular weight excluding hydrogens is 288 g/mol. The van der Waals surface area contributed by atoms with E-state index in [4.69, 9.17) is 0 Å². The van der Waals surface area contributed by atoms with E-state index in [2.05, 4.69) is 28.5 Å². The van der Waals surface area contributed by atoms with Gasteiger partial charge in [0.15, 0.2) is 11.5 Å². The first-order chi connectivity index (χ1) is 11.3. The van der Waals surface area contributed by atoms with Crippen LogP contribution < -0.4 is 5.32 Å². The minimum Gasteiger partial charge on any atom is -0.396 e. The van der Waals surface area contributed by atoms with Crippen molar-refractivity contribution in [2.75, 3.05) is 18.5 Å². The number of anilines is 1. The quantitative estimate of drug-likeness (QED) is 0.734. The minimum absolute atomic E-state index is 0.123. The summed E-state index contributed by atoms with van der Waals surface area (Å²) >= 11 is 0.